The van der Waals surface area contributed by atoms with Crippen LogP contribution in [0.5, 0.6) is 5.75 Å². The van der Waals surface area contributed by atoms with Crippen LogP contribution >= 0.6 is 0 Å². The molecule has 32 heavy (non-hydrogen) atoms. The molecule has 0 bridgehead atoms. The van der Waals surface area contributed by atoms with Crippen LogP contribution in [0.3, 0.4) is 0 Å². The minimum Gasteiger partial charge on any atom is -0.497 e. The number of methoxy groups -OCH3 is 1. The summed E-state index contributed by atoms with van der Waals surface area (Å²) >= 11 is 0. The van der Waals surface area contributed by atoms with Gasteiger partial charge in [0.05, 0.1) is 28.7 Å². The Balaban J connectivity index is 1.77. The summed E-state index contributed by atoms with van der Waals surface area (Å²) in [6, 6.07) is 19.1. The Hall–Kier alpha value is -3.72. The molecular weight excluding hydrogens is 430 g/mol. The number of hydrogen-bond acceptors (Lipinski definition) is 6. The lowest BCUT2D eigenvalue weighted by atomic mass is 9.99. The number of non-ortho nitro benzene ring substituents is 1. The zero-order valence-corrected chi connectivity index (χ0v) is 18.3. The van der Waals surface area contributed by atoms with E-state index in [0.717, 1.165) is 15.5 Å². The molecule has 8 nitrogen and oxygen atoms in total. The number of sulfonamides is 1. The fourth-order valence-electron chi connectivity index (χ4n) is 3.55. The molecule has 1 heterocycles. The highest BCUT2D eigenvalue weighted by molar-refractivity contribution is 7.89. The second-order valence-electron chi connectivity index (χ2n) is 7.43. The average molecular weight is 452 g/mol. The Kier molecular flexibility index (Phi) is 5.67. The van der Waals surface area contributed by atoms with Gasteiger partial charge in [-0.2, -0.15) is 17.9 Å². The van der Waals surface area contributed by atoms with Crippen LogP contribution in [0.2, 0.25) is 0 Å². The second kappa shape index (κ2) is 8.43. The predicted octanol–water partition coefficient (Wildman–Crippen LogP) is 4.45. The van der Waals surface area contributed by atoms with Gasteiger partial charge in [-0.3, -0.25) is 10.1 Å². The third-order valence-electron chi connectivity index (χ3n) is 5.35. The molecule has 0 spiro atoms. The van der Waals surface area contributed by atoms with E-state index >= 15 is 0 Å². The van der Waals surface area contributed by atoms with Gasteiger partial charge in [-0.1, -0.05) is 29.8 Å². The van der Waals surface area contributed by atoms with Crippen molar-refractivity contribution in [3.8, 4) is 5.75 Å². The molecule has 0 radical (unpaired) electrons. The summed E-state index contributed by atoms with van der Waals surface area (Å²) in [6.07, 6.45) is 0.329. The summed E-state index contributed by atoms with van der Waals surface area (Å²) in [5.41, 5.74) is 2.89. The van der Waals surface area contributed by atoms with E-state index in [-0.39, 0.29) is 10.6 Å². The van der Waals surface area contributed by atoms with Crippen molar-refractivity contribution in [1.29, 1.82) is 0 Å². The van der Waals surface area contributed by atoms with Crippen LogP contribution in [0.4, 0.5) is 5.69 Å². The summed E-state index contributed by atoms with van der Waals surface area (Å²) in [7, 11) is -2.37. The van der Waals surface area contributed by atoms with Crippen LogP contribution in [-0.4, -0.2) is 30.6 Å². The van der Waals surface area contributed by atoms with Crippen molar-refractivity contribution < 1.29 is 18.1 Å². The monoisotopic (exact) mass is 451 g/mol. The molecule has 0 saturated carbocycles. The number of nitrogens with zero attached hydrogens (tertiary/aromatic N) is 3. The molecule has 164 valence electrons. The molecule has 3 aromatic rings. The van der Waals surface area contributed by atoms with Crippen LogP contribution in [0.1, 0.15) is 29.2 Å². The van der Waals surface area contributed by atoms with E-state index in [1.54, 1.807) is 55.6 Å². The van der Waals surface area contributed by atoms with E-state index in [4.69, 9.17) is 4.74 Å². The van der Waals surface area contributed by atoms with Gasteiger partial charge in [0, 0.05) is 18.6 Å². The number of hydrazone groups is 1. The molecule has 0 aliphatic carbocycles. The lowest BCUT2D eigenvalue weighted by Gasteiger charge is -2.23. The Morgan fingerprint density at radius 2 is 1.62 bits per heavy atom. The van der Waals surface area contributed by atoms with E-state index in [9.17, 15) is 18.5 Å². The maximum atomic E-state index is 13.5. The third kappa shape index (κ3) is 4.06. The first-order valence-electron chi connectivity index (χ1n) is 9.87. The maximum Gasteiger partial charge on any atom is 0.279 e. The van der Waals surface area contributed by atoms with Crippen LogP contribution in [0, 0.1) is 17.0 Å². The van der Waals surface area contributed by atoms with Gasteiger partial charge >= 0.3 is 0 Å². The molecule has 0 N–H and O–H groups in total. The van der Waals surface area contributed by atoms with E-state index in [1.807, 2.05) is 19.1 Å². The number of hydrogen-bond donors (Lipinski definition) is 0. The number of ether oxygens (including phenoxy) is 1. The van der Waals surface area contributed by atoms with Crippen molar-refractivity contribution in [2.75, 3.05) is 7.11 Å². The van der Waals surface area contributed by atoms with E-state index < -0.39 is 21.0 Å². The molecule has 1 aliphatic heterocycles. The van der Waals surface area contributed by atoms with Gasteiger partial charge in [0.25, 0.3) is 15.7 Å². The standard InChI is InChI=1S/C23H21N3O5S/c1-16-3-13-21(14-4-16)32(29,30)25-23(18-5-9-19(10-6-18)26(27)28)15-22(24-25)17-7-11-20(31-2)12-8-17/h3-14,23H,15H2,1-2H3. The minimum absolute atomic E-state index is 0.0593. The highest BCUT2D eigenvalue weighted by Crippen LogP contribution is 2.37. The Bertz CT molecular complexity index is 1270. The highest BCUT2D eigenvalue weighted by Gasteiger charge is 2.37. The Morgan fingerprint density at radius 3 is 2.19 bits per heavy atom. The number of benzene rings is 3. The van der Waals surface area contributed by atoms with Crippen molar-refractivity contribution >= 4 is 21.4 Å². The van der Waals surface area contributed by atoms with Crippen LogP contribution < -0.4 is 4.74 Å². The largest absolute Gasteiger partial charge is 0.497 e. The quantitative estimate of drug-likeness (QED) is 0.407. The minimum atomic E-state index is -3.95. The molecular formula is C23H21N3O5S. The molecule has 0 saturated heterocycles. The molecule has 1 atom stereocenters. The normalized spacial score (nSPS) is 16.0. The summed E-state index contributed by atoms with van der Waals surface area (Å²) in [4.78, 5) is 10.7. The number of nitro groups is 1. The molecule has 9 heteroatoms. The first kappa shape index (κ1) is 21.5. The predicted molar refractivity (Wildman–Crippen MR) is 120 cm³/mol. The zero-order valence-electron chi connectivity index (χ0n) is 17.5. The second-order valence-corrected chi connectivity index (χ2v) is 9.23. The van der Waals surface area contributed by atoms with Crippen LogP contribution in [0.25, 0.3) is 0 Å². The average Bonchev–Trinajstić information content (AvgIpc) is 3.26. The summed E-state index contributed by atoms with van der Waals surface area (Å²) in [5.74, 6) is 0.684. The topological polar surface area (TPSA) is 102 Å². The Morgan fingerprint density at radius 1 is 1.00 bits per heavy atom. The Labute approximate surface area is 186 Å². The van der Waals surface area contributed by atoms with Gasteiger partial charge in [-0.15, -0.1) is 0 Å². The molecule has 0 amide bonds. The fraction of sp³-hybridized carbons (Fsp3) is 0.174. The van der Waals surface area contributed by atoms with Gasteiger partial charge < -0.3 is 4.74 Å². The summed E-state index contributed by atoms with van der Waals surface area (Å²) in [5, 5.41) is 15.5. The first-order valence-corrected chi connectivity index (χ1v) is 11.3. The molecule has 1 unspecified atom stereocenters. The number of rotatable bonds is 6. The number of aryl methyl sites for hydroxylation is 1. The fourth-order valence-corrected chi connectivity index (χ4v) is 4.99. The van der Waals surface area contributed by atoms with Gasteiger partial charge in [0.1, 0.15) is 5.75 Å². The number of nitro benzene ring substituents is 1. The van der Waals surface area contributed by atoms with Crippen molar-refractivity contribution in [1.82, 2.24) is 4.41 Å². The first-order chi connectivity index (χ1) is 15.3. The van der Waals surface area contributed by atoms with Gasteiger partial charge in [-0.25, -0.2) is 0 Å². The van der Waals surface area contributed by atoms with Gasteiger partial charge in [-0.05, 0) is 54.4 Å². The molecule has 1 aliphatic rings. The lowest BCUT2D eigenvalue weighted by Crippen LogP contribution is -2.27. The van der Waals surface area contributed by atoms with E-state index in [0.29, 0.717) is 23.4 Å². The van der Waals surface area contributed by atoms with E-state index in [2.05, 4.69) is 5.10 Å². The summed E-state index contributed by atoms with van der Waals surface area (Å²) < 4.78 is 33.2. The smallest absolute Gasteiger partial charge is 0.279 e. The van der Waals surface area contributed by atoms with Crippen LogP contribution in [0.15, 0.2) is 82.8 Å². The van der Waals surface area contributed by atoms with Crippen molar-refractivity contribution in [2.24, 2.45) is 5.10 Å². The maximum absolute atomic E-state index is 13.5. The lowest BCUT2D eigenvalue weighted by molar-refractivity contribution is -0.384. The van der Waals surface area contributed by atoms with Crippen molar-refractivity contribution in [2.45, 2.75) is 24.3 Å². The molecule has 3 aromatic carbocycles. The summed E-state index contributed by atoms with van der Waals surface area (Å²) in [6.45, 7) is 1.88. The molecule has 0 aromatic heterocycles. The van der Waals surface area contributed by atoms with Gasteiger partial charge in [0.15, 0.2) is 0 Å². The highest BCUT2D eigenvalue weighted by atomic mass is 32.2. The SMILES string of the molecule is COc1ccc(C2=NN(S(=O)(=O)c3ccc(C)cc3)C(c3ccc([N+](=O)[O-])cc3)C2)cc1. The van der Waals surface area contributed by atoms with Crippen LogP contribution in [-0.2, 0) is 10.0 Å². The molecule has 0 fully saturated rings. The van der Waals surface area contributed by atoms with Crippen molar-refractivity contribution in [3.05, 3.63) is 99.6 Å². The zero-order chi connectivity index (χ0) is 22.9. The third-order valence-corrected chi connectivity index (χ3v) is 7.05. The van der Waals surface area contributed by atoms with E-state index in [1.165, 1.54) is 12.1 Å². The van der Waals surface area contributed by atoms with Gasteiger partial charge in [0.2, 0.25) is 0 Å². The van der Waals surface area contributed by atoms with Crippen molar-refractivity contribution in [3.63, 3.8) is 0 Å². The molecule has 4 rings (SSSR count).